The number of fused-ring (bicyclic) bond motifs is 1. The second-order valence-electron chi connectivity index (χ2n) is 4.58. The van der Waals surface area contributed by atoms with Crippen LogP contribution in [0, 0.1) is 0 Å². The van der Waals surface area contributed by atoms with Crippen LogP contribution in [-0.2, 0) is 4.79 Å². The van der Waals surface area contributed by atoms with Crippen LogP contribution in [0.2, 0.25) is 0 Å². The minimum atomic E-state index is 0.00830. The van der Waals surface area contributed by atoms with Gasteiger partial charge in [-0.05, 0) is 18.6 Å². The van der Waals surface area contributed by atoms with Gasteiger partial charge < -0.3 is 4.90 Å². The number of carbonyl (C=O) groups excluding carboxylic acids is 1. The molecule has 4 heteroatoms. The molecule has 0 aliphatic carbocycles. The lowest BCUT2D eigenvalue weighted by Gasteiger charge is -2.15. The molecule has 0 spiro atoms. The quantitative estimate of drug-likeness (QED) is 0.754. The number of hydrogen-bond acceptors (Lipinski definition) is 2. The van der Waals surface area contributed by atoms with E-state index in [-0.39, 0.29) is 11.9 Å². The van der Waals surface area contributed by atoms with E-state index in [1.807, 2.05) is 27.9 Å². The van der Waals surface area contributed by atoms with Gasteiger partial charge in [-0.25, -0.2) is 0 Å². The number of aromatic nitrogens is 2. The zero-order valence-corrected chi connectivity index (χ0v) is 10.1. The van der Waals surface area contributed by atoms with Crippen molar-refractivity contribution < 1.29 is 4.79 Å². The Bertz CT molecular complexity index is 602. The molecule has 1 aliphatic rings. The van der Waals surface area contributed by atoms with Crippen molar-refractivity contribution in [1.29, 1.82) is 0 Å². The zero-order valence-electron chi connectivity index (χ0n) is 10.1. The van der Waals surface area contributed by atoms with Crippen molar-refractivity contribution in [2.24, 2.45) is 0 Å². The van der Waals surface area contributed by atoms with Gasteiger partial charge in [-0.1, -0.05) is 24.8 Å². The molecule has 1 aromatic carbocycles. The van der Waals surface area contributed by atoms with Gasteiger partial charge in [0, 0.05) is 18.5 Å². The summed E-state index contributed by atoms with van der Waals surface area (Å²) in [6.45, 7) is 5.03. The molecule has 2 aromatic rings. The minimum Gasteiger partial charge on any atom is -0.337 e. The van der Waals surface area contributed by atoms with Gasteiger partial charge in [-0.2, -0.15) is 5.10 Å². The summed E-state index contributed by atoms with van der Waals surface area (Å²) in [5.41, 5.74) is 1.13. The highest BCUT2D eigenvalue weighted by Crippen LogP contribution is 2.25. The number of rotatable bonds is 2. The largest absolute Gasteiger partial charge is 0.337 e. The molecule has 3 rings (SSSR count). The summed E-state index contributed by atoms with van der Waals surface area (Å²) in [7, 11) is 0. The number of para-hydroxylation sites is 1. The first-order valence-corrected chi connectivity index (χ1v) is 6.13. The molecule has 1 aliphatic heterocycles. The van der Waals surface area contributed by atoms with E-state index in [2.05, 4.69) is 23.8 Å². The third-order valence-corrected chi connectivity index (χ3v) is 3.50. The predicted octanol–water partition coefficient (Wildman–Crippen LogP) is 2.00. The summed E-state index contributed by atoms with van der Waals surface area (Å²) in [6, 6.07) is 8.42. The third kappa shape index (κ3) is 1.70. The van der Waals surface area contributed by atoms with Gasteiger partial charge in [0.1, 0.15) is 0 Å². The van der Waals surface area contributed by atoms with Gasteiger partial charge in [-0.3, -0.25) is 9.48 Å². The Morgan fingerprint density at radius 1 is 1.44 bits per heavy atom. The summed E-state index contributed by atoms with van der Waals surface area (Å²) in [5.74, 6) is 0.00830. The fourth-order valence-electron chi connectivity index (χ4n) is 2.55. The van der Waals surface area contributed by atoms with Crippen LogP contribution in [0.4, 0.5) is 0 Å². The Kier molecular flexibility index (Phi) is 2.63. The highest BCUT2D eigenvalue weighted by molar-refractivity contribution is 5.87. The predicted molar refractivity (Wildman–Crippen MR) is 70.2 cm³/mol. The molecular formula is C14H15N3O. The molecule has 0 saturated carbocycles. The Morgan fingerprint density at radius 2 is 2.28 bits per heavy atom. The normalized spacial score (nSPS) is 19.3. The lowest BCUT2D eigenvalue weighted by molar-refractivity contribution is -0.125. The van der Waals surface area contributed by atoms with Crippen LogP contribution < -0.4 is 0 Å². The van der Waals surface area contributed by atoms with Crippen LogP contribution in [0.3, 0.4) is 0 Å². The lowest BCUT2D eigenvalue weighted by Crippen LogP contribution is -2.27. The Hall–Kier alpha value is -2.10. The van der Waals surface area contributed by atoms with Crippen LogP contribution in [0.5, 0.6) is 0 Å². The zero-order chi connectivity index (χ0) is 12.5. The van der Waals surface area contributed by atoms with Crippen LogP contribution in [0.15, 0.2) is 43.1 Å². The molecule has 18 heavy (non-hydrogen) atoms. The van der Waals surface area contributed by atoms with Crippen LogP contribution in [0.25, 0.3) is 10.9 Å². The second-order valence-corrected chi connectivity index (χ2v) is 4.58. The highest BCUT2D eigenvalue weighted by atomic mass is 16.2. The third-order valence-electron chi connectivity index (χ3n) is 3.50. The maximum absolute atomic E-state index is 11.6. The first-order valence-electron chi connectivity index (χ1n) is 6.13. The monoisotopic (exact) mass is 241 g/mol. The summed E-state index contributed by atoms with van der Waals surface area (Å²) in [4.78, 5) is 13.4. The number of carbonyl (C=O) groups is 1. The summed E-state index contributed by atoms with van der Waals surface area (Å²) in [5, 5.41) is 5.59. The average molecular weight is 241 g/mol. The molecule has 1 saturated heterocycles. The number of benzene rings is 1. The number of likely N-dealkylation sites (tertiary alicyclic amines) is 1. The Labute approximate surface area is 106 Å². The molecule has 92 valence electrons. The highest BCUT2D eigenvalue weighted by Gasteiger charge is 2.27. The van der Waals surface area contributed by atoms with E-state index in [4.69, 9.17) is 0 Å². The van der Waals surface area contributed by atoms with E-state index in [1.165, 1.54) is 6.08 Å². The molecule has 1 aromatic heterocycles. The first-order chi connectivity index (χ1) is 8.79. The molecular weight excluding hydrogens is 226 g/mol. The summed E-state index contributed by atoms with van der Waals surface area (Å²) < 4.78 is 2.03. The topological polar surface area (TPSA) is 38.1 Å². The molecule has 1 unspecified atom stereocenters. The molecule has 1 fully saturated rings. The minimum absolute atomic E-state index is 0.00830. The second kappa shape index (κ2) is 4.29. The number of nitrogens with zero attached hydrogens (tertiary/aromatic N) is 3. The van der Waals surface area contributed by atoms with Crippen LogP contribution in [0.1, 0.15) is 12.5 Å². The van der Waals surface area contributed by atoms with Gasteiger partial charge in [0.2, 0.25) is 5.91 Å². The average Bonchev–Trinajstić information content (AvgIpc) is 3.03. The fraction of sp³-hybridized carbons (Fsp3) is 0.286. The Morgan fingerprint density at radius 3 is 3.11 bits per heavy atom. The van der Waals surface area contributed by atoms with Crippen molar-refractivity contribution in [2.75, 3.05) is 13.1 Å². The van der Waals surface area contributed by atoms with Crippen LogP contribution >= 0.6 is 0 Å². The molecule has 0 bridgehead atoms. The van der Waals surface area contributed by atoms with Gasteiger partial charge in [0.25, 0.3) is 0 Å². The molecule has 0 N–H and O–H groups in total. The lowest BCUT2D eigenvalue weighted by atomic mass is 10.2. The van der Waals surface area contributed by atoms with E-state index >= 15 is 0 Å². The Balaban J connectivity index is 1.88. The van der Waals surface area contributed by atoms with E-state index < -0.39 is 0 Å². The maximum atomic E-state index is 11.6. The van der Waals surface area contributed by atoms with Gasteiger partial charge in [0.05, 0.1) is 17.8 Å². The SMILES string of the molecule is C=CC(=O)N1CCC(n2ncc3ccccc32)C1. The van der Waals surface area contributed by atoms with Crippen LogP contribution in [-0.4, -0.2) is 33.7 Å². The summed E-state index contributed by atoms with van der Waals surface area (Å²) >= 11 is 0. The van der Waals surface area contributed by atoms with E-state index in [1.54, 1.807) is 0 Å². The molecule has 2 heterocycles. The standard InChI is InChI=1S/C14H15N3O/c1-2-14(18)16-8-7-12(10-16)17-13-6-4-3-5-11(13)9-15-17/h2-6,9,12H,1,7-8,10H2. The summed E-state index contributed by atoms with van der Waals surface area (Å²) in [6.07, 6.45) is 4.21. The van der Waals surface area contributed by atoms with Crippen molar-refractivity contribution in [2.45, 2.75) is 12.5 Å². The van der Waals surface area contributed by atoms with Crippen molar-refractivity contribution in [1.82, 2.24) is 14.7 Å². The first kappa shape index (κ1) is 11.0. The van der Waals surface area contributed by atoms with E-state index in [9.17, 15) is 4.79 Å². The van der Waals surface area contributed by atoms with Gasteiger partial charge in [0.15, 0.2) is 0 Å². The smallest absolute Gasteiger partial charge is 0.246 e. The number of hydrogen-bond donors (Lipinski definition) is 0. The van der Waals surface area contributed by atoms with Crippen molar-refractivity contribution >= 4 is 16.8 Å². The molecule has 0 radical (unpaired) electrons. The van der Waals surface area contributed by atoms with Crippen molar-refractivity contribution in [3.05, 3.63) is 43.1 Å². The molecule has 4 nitrogen and oxygen atoms in total. The maximum Gasteiger partial charge on any atom is 0.246 e. The van der Waals surface area contributed by atoms with Gasteiger partial charge in [-0.15, -0.1) is 0 Å². The van der Waals surface area contributed by atoms with E-state index in [0.29, 0.717) is 0 Å². The van der Waals surface area contributed by atoms with Crippen molar-refractivity contribution in [3.63, 3.8) is 0 Å². The molecule has 1 atom stereocenters. The van der Waals surface area contributed by atoms with Crippen molar-refractivity contribution in [3.8, 4) is 0 Å². The van der Waals surface area contributed by atoms with Gasteiger partial charge >= 0.3 is 0 Å². The van der Waals surface area contributed by atoms with E-state index in [0.717, 1.165) is 30.4 Å². The fourth-order valence-corrected chi connectivity index (χ4v) is 2.55. The molecule has 1 amide bonds. The number of amides is 1.